The smallest absolute Gasteiger partial charge is 0.457 e. The van der Waals surface area contributed by atoms with Gasteiger partial charge in [0.25, 0.3) is 0 Å². The summed E-state index contributed by atoms with van der Waals surface area (Å²) in [6.07, 6.45) is -21.1. The highest BCUT2D eigenvalue weighted by atomic mass is 31.2. The zero-order valence-corrected chi connectivity index (χ0v) is 52.7. The third-order valence-corrected chi connectivity index (χ3v) is 15.5. The molecule has 0 heterocycles. The minimum atomic E-state index is -5.85. The van der Waals surface area contributed by atoms with Crippen LogP contribution < -0.4 is 0 Å². The number of rotatable bonds is 46. The molecule has 1 rings (SSSR count). The summed E-state index contributed by atoms with van der Waals surface area (Å²) >= 11 is 0. The molecule has 0 unspecified atom stereocenters. The van der Waals surface area contributed by atoms with Gasteiger partial charge in [0.05, 0.1) is 0 Å². The fraction of sp³-hybridized carbons (Fsp3) is 0.783. The van der Waals surface area contributed by atoms with Crippen LogP contribution in [0.3, 0.4) is 0 Å². The number of carbonyl (C=O) groups excluding carboxylic acids is 10. The van der Waals surface area contributed by atoms with Gasteiger partial charge in [0, 0.05) is 64.2 Å². The van der Waals surface area contributed by atoms with Crippen molar-refractivity contribution in [1.82, 2.24) is 0 Å². The van der Waals surface area contributed by atoms with Gasteiger partial charge in [0.15, 0.2) is 12.2 Å². The molecule has 496 valence electrons. The Morgan fingerprint density at radius 3 is 0.523 bits per heavy atom. The Bertz CT molecular complexity index is 1980. The molecule has 0 bridgehead atoms. The predicted molar refractivity (Wildman–Crippen MR) is 278 cm³/mol. The molecule has 6 atom stereocenters. The molecular weight excluding hydrogens is 1250 g/mol. The van der Waals surface area contributed by atoms with Crippen LogP contribution in [0.1, 0.15) is 146 Å². The minimum absolute atomic E-state index is 0.0833. The van der Waals surface area contributed by atoms with E-state index in [1.54, 1.807) is 0 Å². The fourth-order valence-electron chi connectivity index (χ4n) is 5.76. The van der Waals surface area contributed by atoms with E-state index in [0.717, 1.165) is 0 Å². The van der Waals surface area contributed by atoms with Crippen molar-refractivity contribution in [3.05, 3.63) is 0 Å². The molecular formula is C46H76O36P4. The van der Waals surface area contributed by atoms with Crippen molar-refractivity contribution >= 4 is 91.0 Å². The molecule has 1 saturated carbocycles. The van der Waals surface area contributed by atoms with Crippen molar-refractivity contribution in [3.8, 4) is 0 Å². The number of ether oxygens (including phenoxy) is 10. The number of esters is 10. The Hall–Kier alpha value is -4.86. The van der Waals surface area contributed by atoms with E-state index in [1.807, 2.05) is 0 Å². The second kappa shape index (κ2) is 42.1. The third kappa shape index (κ3) is 30.9. The first-order valence-corrected chi connectivity index (χ1v) is 32.5. The van der Waals surface area contributed by atoms with Gasteiger partial charge in [-0.3, -0.25) is 66.0 Å². The van der Waals surface area contributed by atoms with Gasteiger partial charge in [-0.1, -0.05) is 69.2 Å². The van der Waals surface area contributed by atoms with E-state index in [4.69, 9.17) is 102 Å². The van der Waals surface area contributed by atoms with Crippen molar-refractivity contribution in [2.45, 2.75) is 183 Å². The molecule has 0 spiro atoms. The topological polar surface area (TPSA) is 442 Å². The lowest BCUT2D eigenvalue weighted by Crippen LogP contribution is -2.67. The van der Waals surface area contributed by atoms with Crippen molar-refractivity contribution < 1.29 is 168 Å². The second-order valence-corrected chi connectivity index (χ2v) is 22.9. The van der Waals surface area contributed by atoms with Crippen LogP contribution in [-0.4, -0.2) is 151 Å². The Labute approximate surface area is 494 Å². The molecule has 1 aliphatic carbocycles. The van der Waals surface area contributed by atoms with Gasteiger partial charge in [0.1, 0.15) is 24.4 Å². The van der Waals surface area contributed by atoms with Crippen molar-refractivity contribution in [2.24, 2.45) is 0 Å². The molecule has 0 aliphatic heterocycles. The summed E-state index contributed by atoms with van der Waals surface area (Å²) in [7, 11) is -23.4. The van der Waals surface area contributed by atoms with E-state index in [-0.39, 0.29) is 64.2 Å². The van der Waals surface area contributed by atoms with Crippen LogP contribution in [0, 0.1) is 0 Å². The van der Waals surface area contributed by atoms with Crippen LogP contribution in [0.15, 0.2) is 0 Å². The molecule has 1 fully saturated rings. The minimum Gasteiger partial charge on any atom is -0.457 e. The van der Waals surface area contributed by atoms with E-state index in [1.165, 1.54) is 69.2 Å². The molecule has 40 heteroatoms. The van der Waals surface area contributed by atoms with E-state index in [0.29, 0.717) is 0 Å². The third-order valence-electron chi connectivity index (χ3n) is 10.1. The quantitative estimate of drug-likeness (QED) is 0.0261. The van der Waals surface area contributed by atoms with Crippen molar-refractivity contribution in [1.29, 1.82) is 0 Å². The highest BCUT2D eigenvalue weighted by molar-refractivity contribution is 7.49. The molecule has 36 nitrogen and oxygen atoms in total. The highest BCUT2D eigenvalue weighted by Gasteiger charge is 2.64. The molecule has 0 radical (unpaired) electrons. The first-order valence-electron chi connectivity index (χ1n) is 26.6. The molecule has 86 heavy (non-hydrogen) atoms. The van der Waals surface area contributed by atoms with Crippen molar-refractivity contribution in [3.63, 3.8) is 0 Å². The van der Waals surface area contributed by atoms with Gasteiger partial charge in [0.2, 0.25) is 54.3 Å². The Kier molecular flexibility index (Phi) is 38.8. The summed E-state index contributed by atoms with van der Waals surface area (Å²) in [5.41, 5.74) is 0. The monoisotopic (exact) mass is 1330 g/mol. The summed E-state index contributed by atoms with van der Waals surface area (Å²) in [6, 6.07) is 0. The first kappa shape index (κ1) is 79.2. The van der Waals surface area contributed by atoms with Gasteiger partial charge in [-0.15, -0.1) is 0 Å². The van der Waals surface area contributed by atoms with Crippen molar-refractivity contribution in [2.75, 3.05) is 54.3 Å². The molecule has 0 saturated heterocycles. The van der Waals surface area contributed by atoms with Gasteiger partial charge in [-0.05, 0) is 12.8 Å². The van der Waals surface area contributed by atoms with Crippen LogP contribution in [0.25, 0.3) is 0 Å². The van der Waals surface area contributed by atoms with E-state index in [9.17, 15) is 47.9 Å². The number of phosphoric ester groups is 4. The van der Waals surface area contributed by atoms with Crippen LogP contribution in [0.5, 0.6) is 0 Å². The number of carbonyl (C=O) groups is 10. The lowest BCUT2D eigenvalue weighted by atomic mass is 9.84. The van der Waals surface area contributed by atoms with Gasteiger partial charge in [-0.2, -0.15) is 0 Å². The maximum absolute atomic E-state index is 15.2. The summed E-state index contributed by atoms with van der Waals surface area (Å²) < 4.78 is 178. The molecule has 1 aliphatic rings. The Morgan fingerprint density at radius 1 is 0.244 bits per heavy atom. The summed E-state index contributed by atoms with van der Waals surface area (Å²) in [5.74, 6) is -10.8. The van der Waals surface area contributed by atoms with Crippen LogP contribution in [-0.2, 0) is 168 Å². The molecule has 0 aromatic heterocycles. The van der Waals surface area contributed by atoms with Crippen LogP contribution in [0.4, 0.5) is 0 Å². The summed E-state index contributed by atoms with van der Waals surface area (Å²) in [6.45, 7) is 2.66. The zero-order valence-electron chi connectivity index (χ0n) is 49.1. The average Bonchev–Trinajstić information content (AvgIpc) is 1.18. The normalized spacial score (nSPS) is 17.9. The van der Waals surface area contributed by atoms with Gasteiger partial charge < -0.3 is 47.4 Å². The molecule has 0 N–H and O–H groups in total. The fourth-order valence-corrected chi connectivity index (χ4v) is 10.1. The Morgan fingerprint density at radius 2 is 0.395 bits per heavy atom. The summed E-state index contributed by atoms with van der Waals surface area (Å²) in [5, 5.41) is 0. The number of phosphoric acid groups is 4. The maximum atomic E-state index is 15.2. The number of hydrogen-bond donors (Lipinski definition) is 0. The highest BCUT2D eigenvalue weighted by Crippen LogP contribution is 2.61. The molecule has 0 aromatic carbocycles. The SMILES string of the molecule is CCCC(=O)O[C@@H]1[C@@H](OP(=O)(OCOC(=O)CC)OCOC(=O)CC)[C@@H](OP(=O)(OCOC(=O)CC)OCOC(=O)CC)[C@@H](OC(=O)CCC)[C@H](OP(=O)(OCOC(=O)CC)OCOC(=O)CC)[C@H]1OP(=O)(OCOC(=O)CC)OCOC(=O)CC. The Balaban J connectivity index is 5.09. The first-order chi connectivity index (χ1) is 40.7. The number of hydrogen-bond acceptors (Lipinski definition) is 36. The van der Waals surface area contributed by atoms with Gasteiger partial charge in [-0.25, -0.2) is 54.5 Å². The maximum Gasteiger partial charge on any atom is 0.481 e. The molecule has 0 amide bonds. The largest absolute Gasteiger partial charge is 0.481 e. The zero-order chi connectivity index (χ0) is 64.9. The average molecular weight is 1330 g/mol. The predicted octanol–water partition coefficient (Wildman–Crippen LogP) is 6.82. The lowest BCUT2D eigenvalue weighted by Gasteiger charge is -2.49. The van der Waals surface area contributed by atoms with Crippen LogP contribution >= 0.6 is 31.3 Å². The van der Waals surface area contributed by atoms with E-state index in [2.05, 4.69) is 0 Å². The lowest BCUT2D eigenvalue weighted by molar-refractivity contribution is -0.236. The van der Waals surface area contributed by atoms with Crippen LogP contribution in [0.2, 0.25) is 0 Å². The standard InChI is InChI=1S/C46H76O36P4/c1-11-21-39(55)77-41-43(79-83(57,69-23-61-31(47)13-3)70-24-62-32(48)14-4)45(81-85(59,73-27-65-35(51)17-7)74-28-66-36(52)18-8)42(78-40(56)22-12-2)46(82-86(60,75-29-67-37(53)19-9)76-30-68-38(54)20-10)44(41)80-84(58,71-25-63-33(49)15-5)72-26-64-34(50)16-6/h41-46H,11-30H2,1-10H3/t41-,42-,43-,44-,45-,46+/m0/s1. The second-order valence-electron chi connectivity index (χ2n) is 16.4. The molecule has 0 aromatic rings. The van der Waals surface area contributed by atoms with E-state index >= 15 is 18.3 Å². The summed E-state index contributed by atoms with van der Waals surface area (Å²) in [4.78, 5) is 127. The van der Waals surface area contributed by atoms with Gasteiger partial charge >= 0.3 is 91.0 Å². The van der Waals surface area contributed by atoms with E-state index < -0.39 is 195 Å².